The average Bonchev–Trinajstić information content (AvgIpc) is 2.73. The number of amides is 1. The van der Waals surface area contributed by atoms with Gasteiger partial charge in [-0.05, 0) is 0 Å². The summed E-state index contributed by atoms with van der Waals surface area (Å²) >= 11 is 0. The smallest absolute Gasteiger partial charge is 0.240 e. The highest BCUT2D eigenvalue weighted by atomic mass is 16.2. The molecule has 80 valence electrons. The summed E-state index contributed by atoms with van der Waals surface area (Å²) in [5.74, 6) is 0.961. The molecule has 2 aromatic rings. The third kappa shape index (κ3) is 1.48. The molecule has 1 N–H and O–H groups in total. The number of nitrogens with one attached hydrogen (secondary N) is 1. The van der Waals surface area contributed by atoms with Crippen molar-refractivity contribution in [3.05, 3.63) is 42.4 Å². The number of carbonyl (C=O) groups excluding carboxylic acids is 1. The second-order valence-electron chi connectivity index (χ2n) is 3.81. The summed E-state index contributed by atoms with van der Waals surface area (Å²) in [6.07, 6.45) is 1.93. The van der Waals surface area contributed by atoms with Crippen LogP contribution in [0.15, 0.2) is 36.5 Å². The maximum atomic E-state index is 11.2. The largest absolute Gasteiger partial charge is 0.347 e. The molecule has 0 bridgehead atoms. The molecule has 4 heteroatoms. The Morgan fingerprint density at radius 2 is 2.06 bits per heavy atom. The Balaban J connectivity index is 2.02. The molecule has 0 saturated carbocycles. The van der Waals surface area contributed by atoms with Crippen molar-refractivity contribution in [3.8, 4) is 11.3 Å². The molecule has 1 aromatic carbocycles. The van der Waals surface area contributed by atoms with Crippen LogP contribution in [0.1, 0.15) is 5.82 Å². The minimum atomic E-state index is 0.0458. The molecule has 1 amide bonds. The van der Waals surface area contributed by atoms with Crippen LogP contribution in [0.25, 0.3) is 11.3 Å². The van der Waals surface area contributed by atoms with Crippen LogP contribution in [0.2, 0.25) is 0 Å². The molecule has 4 nitrogen and oxygen atoms in total. The van der Waals surface area contributed by atoms with Gasteiger partial charge in [0.15, 0.2) is 0 Å². The van der Waals surface area contributed by atoms with E-state index in [9.17, 15) is 4.79 Å². The van der Waals surface area contributed by atoms with E-state index in [1.807, 2.05) is 41.1 Å². The molecule has 1 aliphatic heterocycles. The predicted octanol–water partition coefficient (Wildman–Crippen LogP) is 1.18. The van der Waals surface area contributed by atoms with Gasteiger partial charge in [-0.15, -0.1) is 0 Å². The molecule has 3 rings (SSSR count). The number of rotatable bonds is 1. The lowest BCUT2D eigenvalue weighted by Gasteiger charge is -2.13. The van der Waals surface area contributed by atoms with E-state index in [0.29, 0.717) is 13.1 Å². The molecular formula is C12H11N3O. The lowest BCUT2D eigenvalue weighted by atomic mass is 10.2. The second-order valence-corrected chi connectivity index (χ2v) is 3.81. The van der Waals surface area contributed by atoms with Crippen LogP contribution < -0.4 is 5.32 Å². The first-order valence-electron chi connectivity index (χ1n) is 5.21. The van der Waals surface area contributed by atoms with Crippen LogP contribution in [0.4, 0.5) is 0 Å². The van der Waals surface area contributed by atoms with Crippen LogP contribution >= 0.6 is 0 Å². The summed E-state index contributed by atoms with van der Waals surface area (Å²) in [5.41, 5.74) is 2.00. The third-order valence-electron chi connectivity index (χ3n) is 2.69. The molecule has 2 heterocycles. The molecule has 0 saturated heterocycles. The van der Waals surface area contributed by atoms with E-state index in [4.69, 9.17) is 0 Å². The zero-order valence-corrected chi connectivity index (χ0v) is 8.68. The van der Waals surface area contributed by atoms with Gasteiger partial charge in [-0.1, -0.05) is 30.3 Å². The molecule has 0 aliphatic carbocycles. The highest BCUT2D eigenvalue weighted by Gasteiger charge is 2.16. The first-order valence-corrected chi connectivity index (χ1v) is 5.21. The van der Waals surface area contributed by atoms with E-state index in [-0.39, 0.29) is 5.91 Å². The maximum Gasteiger partial charge on any atom is 0.240 e. The summed E-state index contributed by atoms with van der Waals surface area (Å²) in [7, 11) is 0. The van der Waals surface area contributed by atoms with E-state index in [0.717, 1.165) is 17.1 Å². The SMILES string of the molecule is O=C1Cn2cc(-c3ccccc3)nc2CN1. The zero-order chi connectivity index (χ0) is 11.0. The van der Waals surface area contributed by atoms with Crippen LogP contribution in [0.5, 0.6) is 0 Å². The molecule has 0 radical (unpaired) electrons. The van der Waals surface area contributed by atoms with Gasteiger partial charge in [0.05, 0.1) is 12.2 Å². The van der Waals surface area contributed by atoms with E-state index >= 15 is 0 Å². The van der Waals surface area contributed by atoms with Crippen LogP contribution in [0, 0.1) is 0 Å². The van der Waals surface area contributed by atoms with Gasteiger partial charge in [-0.25, -0.2) is 4.98 Å². The van der Waals surface area contributed by atoms with Crippen molar-refractivity contribution >= 4 is 5.91 Å². The first kappa shape index (κ1) is 9.15. The number of imidazole rings is 1. The monoisotopic (exact) mass is 213 g/mol. The van der Waals surface area contributed by atoms with Crippen LogP contribution in [0.3, 0.4) is 0 Å². The Morgan fingerprint density at radius 3 is 2.88 bits per heavy atom. The molecular weight excluding hydrogens is 202 g/mol. The summed E-state index contributed by atoms with van der Waals surface area (Å²) in [4.78, 5) is 15.7. The molecule has 1 aliphatic rings. The van der Waals surface area contributed by atoms with Crippen molar-refractivity contribution in [2.75, 3.05) is 0 Å². The van der Waals surface area contributed by atoms with E-state index < -0.39 is 0 Å². The Labute approximate surface area is 92.9 Å². The van der Waals surface area contributed by atoms with Gasteiger partial charge in [0, 0.05) is 11.8 Å². The van der Waals surface area contributed by atoms with Gasteiger partial charge in [-0.3, -0.25) is 4.79 Å². The van der Waals surface area contributed by atoms with E-state index in [1.165, 1.54) is 0 Å². The molecule has 1 aromatic heterocycles. The minimum absolute atomic E-state index is 0.0458. The van der Waals surface area contributed by atoms with Crippen molar-refractivity contribution in [1.29, 1.82) is 0 Å². The fraction of sp³-hybridized carbons (Fsp3) is 0.167. The zero-order valence-electron chi connectivity index (χ0n) is 8.68. The highest BCUT2D eigenvalue weighted by Crippen LogP contribution is 2.19. The van der Waals surface area contributed by atoms with Gasteiger partial charge in [-0.2, -0.15) is 0 Å². The number of hydrogen-bond acceptors (Lipinski definition) is 2. The number of carbonyl (C=O) groups is 1. The third-order valence-corrected chi connectivity index (χ3v) is 2.69. The number of nitrogens with zero attached hydrogens (tertiary/aromatic N) is 2. The fourth-order valence-corrected chi connectivity index (χ4v) is 1.87. The number of aromatic nitrogens is 2. The average molecular weight is 213 g/mol. The predicted molar refractivity (Wildman–Crippen MR) is 59.5 cm³/mol. The summed E-state index contributed by atoms with van der Waals surface area (Å²) in [6.45, 7) is 0.890. The minimum Gasteiger partial charge on any atom is -0.347 e. The molecule has 0 atom stereocenters. The topological polar surface area (TPSA) is 46.9 Å². The molecule has 16 heavy (non-hydrogen) atoms. The van der Waals surface area contributed by atoms with Crippen molar-refractivity contribution in [1.82, 2.24) is 14.9 Å². The summed E-state index contributed by atoms with van der Waals surface area (Å²) in [6, 6.07) is 9.98. The van der Waals surface area contributed by atoms with Crippen molar-refractivity contribution in [2.24, 2.45) is 0 Å². The normalized spacial score (nSPS) is 14.4. The van der Waals surface area contributed by atoms with Gasteiger partial charge in [0.25, 0.3) is 0 Å². The quantitative estimate of drug-likeness (QED) is 0.773. The maximum absolute atomic E-state index is 11.2. The number of benzene rings is 1. The first-order chi connectivity index (χ1) is 7.83. The number of fused-ring (bicyclic) bond motifs is 1. The summed E-state index contributed by atoms with van der Waals surface area (Å²) < 4.78 is 1.90. The van der Waals surface area contributed by atoms with E-state index in [1.54, 1.807) is 0 Å². The standard InChI is InChI=1S/C12H11N3O/c16-12-8-15-7-10(14-11(15)6-13-12)9-4-2-1-3-5-9/h1-5,7H,6,8H2,(H,13,16). The molecule has 0 spiro atoms. The van der Waals surface area contributed by atoms with E-state index in [2.05, 4.69) is 10.3 Å². The highest BCUT2D eigenvalue weighted by molar-refractivity contribution is 5.77. The Morgan fingerprint density at radius 1 is 1.25 bits per heavy atom. The second kappa shape index (κ2) is 3.48. The van der Waals surface area contributed by atoms with Gasteiger partial charge >= 0.3 is 0 Å². The Bertz CT molecular complexity index is 530. The fourth-order valence-electron chi connectivity index (χ4n) is 1.87. The van der Waals surface area contributed by atoms with Crippen LogP contribution in [-0.2, 0) is 17.9 Å². The Kier molecular flexibility index (Phi) is 1.99. The lowest BCUT2D eigenvalue weighted by Crippen LogP contribution is -2.33. The summed E-state index contributed by atoms with van der Waals surface area (Å²) in [5, 5.41) is 2.78. The van der Waals surface area contributed by atoms with Crippen molar-refractivity contribution in [3.63, 3.8) is 0 Å². The van der Waals surface area contributed by atoms with Gasteiger partial charge in [0.2, 0.25) is 5.91 Å². The van der Waals surface area contributed by atoms with Gasteiger partial charge < -0.3 is 9.88 Å². The molecule has 0 fully saturated rings. The van der Waals surface area contributed by atoms with Crippen molar-refractivity contribution in [2.45, 2.75) is 13.1 Å². The Hall–Kier alpha value is -2.10. The van der Waals surface area contributed by atoms with Gasteiger partial charge in [0.1, 0.15) is 12.4 Å². The van der Waals surface area contributed by atoms with Crippen molar-refractivity contribution < 1.29 is 4.79 Å². The lowest BCUT2D eigenvalue weighted by molar-refractivity contribution is -0.122. The number of hydrogen-bond donors (Lipinski definition) is 1. The van der Waals surface area contributed by atoms with Crippen LogP contribution in [-0.4, -0.2) is 15.5 Å². The molecule has 0 unspecified atom stereocenters.